The number of hydrogen-bond donors (Lipinski definition) is 2. The Balaban J connectivity index is 1.91. The highest BCUT2D eigenvalue weighted by atomic mass is 32.2. The van der Waals surface area contributed by atoms with Crippen LogP contribution in [0.1, 0.15) is 18.9 Å². The van der Waals surface area contributed by atoms with E-state index in [2.05, 4.69) is 15.2 Å². The minimum Gasteiger partial charge on any atom is -0.480 e. The number of nitrogens with two attached hydrogens (primary N) is 1. The third kappa shape index (κ3) is 2.30. The number of rotatable bonds is 4. The molecule has 1 saturated carbocycles. The highest BCUT2D eigenvalue weighted by Gasteiger charge is 2.28. The molecule has 8 heteroatoms. The van der Waals surface area contributed by atoms with Gasteiger partial charge in [-0.05, 0) is 36.7 Å². The smallest absolute Gasteiger partial charge is 0.344 e. The Morgan fingerprint density at radius 3 is 3.00 bits per heavy atom. The van der Waals surface area contributed by atoms with E-state index in [4.69, 9.17) is 10.5 Å². The summed E-state index contributed by atoms with van der Waals surface area (Å²) in [5.41, 5.74) is 6.02. The highest BCUT2D eigenvalue weighted by Crippen LogP contribution is 2.37. The number of hydrogen-bond acceptors (Lipinski definition) is 6. The molecule has 0 saturated heterocycles. The Kier molecular flexibility index (Phi) is 2.94. The summed E-state index contributed by atoms with van der Waals surface area (Å²) >= 11 is 1.32. The van der Waals surface area contributed by atoms with Crippen molar-refractivity contribution in [1.29, 1.82) is 0 Å². The molecule has 1 aliphatic carbocycles. The molecule has 19 heavy (non-hydrogen) atoms. The summed E-state index contributed by atoms with van der Waals surface area (Å²) in [5, 5.41) is 7.80. The molecular formula is C11H13N5O2S. The first-order valence-electron chi connectivity index (χ1n) is 5.84. The van der Waals surface area contributed by atoms with E-state index in [1.54, 1.807) is 16.7 Å². The van der Waals surface area contributed by atoms with Crippen LogP contribution in [0.4, 0.5) is 5.69 Å². The Hall–Kier alpha value is -1.96. The topological polar surface area (TPSA) is 98.8 Å². The molecular weight excluding hydrogens is 266 g/mol. The van der Waals surface area contributed by atoms with Crippen molar-refractivity contribution in [1.82, 2.24) is 19.7 Å². The SMILES string of the molecule is COc1nc(Sc2n[nH]c(=O)n2C2CC2)ccc1N. The zero-order valence-corrected chi connectivity index (χ0v) is 11.1. The monoisotopic (exact) mass is 279 g/mol. The zero-order valence-electron chi connectivity index (χ0n) is 10.3. The molecule has 0 aromatic carbocycles. The Bertz CT molecular complexity index is 661. The zero-order chi connectivity index (χ0) is 13.4. The fourth-order valence-electron chi connectivity index (χ4n) is 1.77. The second-order valence-corrected chi connectivity index (χ2v) is 5.25. The lowest BCUT2D eigenvalue weighted by atomic mass is 10.4. The van der Waals surface area contributed by atoms with Gasteiger partial charge < -0.3 is 10.5 Å². The Labute approximate surface area is 113 Å². The van der Waals surface area contributed by atoms with Gasteiger partial charge in [-0.25, -0.2) is 14.9 Å². The van der Waals surface area contributed by atoms with Crippen LogP contribution in [0.5, 0.6) is 5.88 Å². The number of H-pyrrole nitrogens is 1. The predicted molar refractivity (Wildman–Crippen MR) is 70.4 cm³/mol. The van der Waals surface area contributed by atoms with Crippen molar-refractivity contribution in [3.63, 3.8) is 0 Å². The number of anilines is 1. The molecule has 0 spiro atoms. The summed E-state index contributed by atoms with van der Waals surface area (Å²) in [5.74, 6) is 0.376. The summed E-state index contributed by atoms with van der Waals surface area (Å²) < 4.78 is 6.75. The summed E-state index contributed by atoms with van der Waals surface area (Å²) in [6.07, 6.45) is 2.04. The second kappa shape index (κ2) is 4.61. The van der Waals surface area contributed by atoms with Crippen molar-refractivity contribution in [3.8, 4) is 5.88 Å². The number of methoxy groups -OCH3 is 1. The molecule has 1 fully saturated rings. The maximum atomic E-state index is 11.7. The van der Waals surface area contributed by atoms with Crippen LogP contribution >= 0.6 is 11.8 Å². The largest absolute Gasteiger partial charge is 0.480 e. The van der Waals surface area contributed by atoms with E-state index >= 15 is 0 Å². The maximum absolute atomic E-state index is 11.7. The quantitative estimate of drug-likeness (QED) is 0.867. The minimum absolute atomic E-state index is 0.174. The number of nitrogens with zero attached hydrogens (tertiary/aromatic N) is 3. The van der Waals surface area contributed by atoms with Crippen LogP contribution in [0.25, 0.3) is 0 Å². The summed E-state index contributed by atoms with van der Waals surface area (Å²) in [7, 11) is 1.52. The first kappa shape index (κ1) is 12.1. The van der Waals surface area contributed by atoms with Crippen molar-refractivity contribution >= 4 is 17.4 Å². The molecule has 0 atom stereocenters. The van der Waals surface area contributed by atoms with Gasteiger partial charge in [0.1, 0.15) is 5.03 Å². The van der Waals surface area contributed by atoms with Gasteiger partial charge in [-0.15, -0.1) is 5.10 Å². The van der Waals surface area contributed by atoms with Gasteiger partial charge in [-0.2, -0.15) is 0 Å². The van der Waals surface area contributed by atoms with Crippen LogP contribution in [-0.2, 0) is 0 Å². The molecule has 1 aliphatic rings. The number of pyridine rings is 1. The first-order chi connectivity index (χ1) is 9.19. The van der Waals surface area contributed by atoms with Gasteiger partial charge in [-0.1, -0.05) is 0 Å². The summed E-state index contributed by atoms with van der Waals surface area (Å²) in [4.78, 5) is 15.9. The van der Waals surface area contributed by atoms with Gasteiger partial charge in [0.05, 0.1) is 12.8 Å². The lowest BCUT2D eigenvalue weighted by Crippen LogP contribution is -2.16. The minimum atomic E-state index is -0.174. The van der Waals surface area contributed by atoms with Crippen LogP contribution in [0, 0.1) is 0 Å². The number of ether oxygens (including phenoxy) is 1. The molecule has 3 N–H and O–H groups in total. The number of nitrogens with one attached hydrogen (secondary N) is 1. The van der Waals surface area contributed by atoms with Gasteiger partial charge in [0.2, 0.25) is 5.88 Å². The van der Waals surface area contributed by atoms with Crippen LogP contribution in [-0.4, -0.2) is 26.9 Å². The molecule has 100 valence electrons. The van der Waals surface area contributed by atoms with E-state index in [1.807, 2.05) is 0 Å². The highest BCUT2D eigenvalue weighted by molar-refractivity contribution is 7.99. The second-order valence-electron chi connectivity index (χ2n) is 4.26. The number of aromatic amines is 1. The van der Waals surface area contributed by atoms with Crippen molar-refractivity contribution in [2.24, 2.45) is 0 Å². The lowest BCUT2D eigenvalue weighted by molar-refractivity contribution is 0.397. The van der Waals surface area contributed by atoms with E-state index in [-0.39, 0.29) is 11.7 Å². The van der Waals surface area contributed by atoms with Crippen molar-refractivity contribution in [2.75, 3.05) is 12.8 Å². The van der Waals surface area contributed by atoms with Crippen molar-refractivity contribution in [3.05, 3.63) is 22.6 Å². The van der Waals surface area contributed by atoms with Crippen LogP contribution < -0.4 is 16.2 Å². The number of aromatic nitrogens is 4. The molecule has 0 aliphatic heterocycles. The van der Waals surface area contributed by atoms with Gasteiger partial charge in [0.15, 0.2) is 5.16 Å². The Morgan fingerprint density at radius 1 is 1.53 bits per heavy atom. The fourth-order valence-corrected chi connectivity index (χ4v) is 2.64. The number of nitrogen functional groups attached to an aromatic ring is 1. The molecule has 2 aromatic heterocycles. The first-order valence-corrected chi connectivity index (χ1v) is 6.66. The molecule has 0 radical (unpaired) electrons. The summed E-state index contributed by atoms with van der Waals surface area (Å²) in [6.45, 7) is 0. The molecule has 0 unspecified atom stereocenters. The molecule has 0 bridgehead atoms. The summed E-state index contributed by atoms with van der Waals surface area (Å²) in [6, 6.07) is 3.77. The van der Waals surface area contributed by atoms with E-state index in [9.17, 15) is 4.79 Å². The fraction of sp³-hybridized carbons (Fsp3) is 0.364. The normalized spacial score (nSPS) is 14.6. The van der Waals surface area contributed by atoms with Crippen LogP contribution in [0.15, 0.2) is 27.1 Å². The van der Waals surface area contributed by atoms with E-state index in [0.717, 1.165) is 12.8 Å². The molecule has 0 amide bonds. The molecule has 3 rings (SSSR count). The van der Waals surface area contributed by atoms with Gasteiger partial charge in [0.25, 0.3) is 0 Å². The van der Waals surface area contributed by atoms with Crippen LogP contribution in [0.2, 0.25) is 0 Å². The van der Waals surface area contributed by atoms with Gasteiger partial charge in [0, 0.05) is 6.04 Å². The van der Waals surface area contributed by atoms with E-state index in [0.29, 0.717) is 21.7 Å². The molecule has 2 heterocycles. The van der Waals surface area contributed by atoms with Gasteiger partial charge in [-0.3, -0.25) is 4.57 Å². The Morgan fingerprint density at radius 2 is 2.32 bits per heavy atom. The third-order valence-electron chi connectivity index (χ3n) is 2.84. The standard InChI is InChI=1S/C11H13N5O2S/c1-18-9-7(12)4-5-8(13-9)19-11-15-14-10(17)16(11)6-2-3-6/h4-6H,2-3,12H2,1H3,(H,14,17). The molecule has 7 nitrogen and oxygen atoms in total. The predicted octanol–water partition coefficient (Wildman–Crippen LogP) is 1.04. The van der Waals surface area contributed by atoms with Gasteiger partial charge >= 0.3 is 5.69 Å². The van der Waals surface area contributed by atoms with Crippen LogP contribution in [0.3, 0.4) is 0 Å². The average Bonchev–Trinajstić information content (AvgIpc) is 3.17. The van der Waals surface area contributed by atoms with Crippen molar-refractivity contribution in [2.45, 2.75) is 29.1 Å². The van der Waals surface area contributed by atoms with E-state index < -0.39 is 0 Å². The van der Waals surface area contributed by atoms with Crippen molar-refractivity contribution < 1.29 is 4.74 Å². The maximum Gasteiger partial charge on any atom is 0.344 e. The van der Waals surface area contributed by atoms with E-state index in [1.165, 1.54) is 18.9 Å². The third-order valence-corrected chi connectivity index (χ3v) is 3.74. The molecule has 2 aromatic rings. The average molecular weight is 279 g/mol. The lowest BCUT2D eigenvalue weighted by Gasteiger charge is -2.06.